The Labute approximate surface area is 141 Å². The normalized spacial score (nSPS) is 12.0. The number of benzene rings is 2. The number of carbonyl (C=O) groups is 1. The first kappa shape index (κ1) is 17.4. The summed E-state index contributed by atoms with van der Waals surface area (Å²) in [7, 11) is -0.671. The molecule has 0 amide bonds. The van der Waals surface area contributed by atoms with Crippen molar-refractivity contribution in [2.45, 2.75) is 4.90 Å². The molecular weight excluding hydrogens is 334 g/mol. The molecule has 0 radical (unpaired) electrons. The summed E-state index contributed by atoms with van der Waals surface area (Å²) in [5, 5.41) is 0.582. The second kappa shape index (κ2) is 7.08. The SMILES string of the molecule is CN(C)S(=O)(=O)c1cccc(C(=O)/C=C/c2cccc(Cl)c2)c1. The van der Waals surface area contributed by atoms with E-state index in [0.29, 0.717) is 10.6 Å². The minimum atomic E-state index is -3.57. The van der Waals surface area contributed by atoms with Gasteiger partial charge in [0.15, 0.2) is 5.78 Å². The number of allylic oxidation sites excluding steroid dienone is 1. The predicted molar refractivity (Wildman–Crippen MR) is 92.1 cm³/mol. The van der Waals surface area contributed by atoms with Gasteiger partial charge in [-0.25, -0.2) is 12.7 Å². The zero-order chi connectivity index (χ0) is 17.0. The first-order valence-corrected chi connectivity index (χ1v) is 8.63. The molecule has 0 fully saturated rings. The number of hydrogen-bond donors (Lipinski definition) is 0. The fourth-order valence-electron chi connectivity index (χ4n) is 1.90. The number of nitrogens with zero attached hydrogens (tertiary/aromatic N) is 1. The van der Waals surface area contributed by atoms with Gasteiger partial charge in [-0.3, -0.25) is 4.79 Å². The molecule has 0 aromatic heterocycles. The standard InChI is InChI=1S/C17H16ClNO3S/c1-19(2)23(21,22)16-8-4-6-14(12-16)17(20)10-9-13-5-3-7-15(18)11-13/h3-12H,1-2H3/b10-9+. The molecule has 2 rings (SSSR count). The molecule has 2 aromatic carbocycles. The van der Waals surface area contributed by atoms with Crippen molar-refractivity contribution in [3.8, 4) is 0 Å². The van der Waals surface area contributed by atoms with E-state index in [1.54, 1.807) is 36.4 Å². The number of sulfonamides is 1. The molecule has 0 saturated carbocycles. The van der Waals surface area contributed by atoms with Crippen LogP contribution in [0.5, 0.6) is 0 Å². The van der Waals surface area contributed by atoms with Crippen LogP contribution in [0, 0.1) is 0 Å². The summed E-state index contributed by atoms with van der Waals surface area (Å²) < 4.78 is 25.3. The Morgan fingerprint density at radius 3 is 2.43 bits per heavy atom. The summed E-state index contributed by atoms with van der Waals surface area (Å²) in [6.45, 7) is 0. The van der Waals surface area contributed by atoms with Gasteiger partial charge in [0.25, 0.3) is 0 Å². The quantitative estimate of drug-likeness (QED) is 0.613. The fraction of sp³-hybridized carbons (Fsp3) is 0.118. The lowest BCUT2D eigenvalue weighted by Gasteiger charge is -2.11. The van der Waals surface area contributed by atoms with Crippen LogP contribution in [0.1, 0.15) is 15.9 Å². The third-order valence-electron chi connectivity index (χ3n) is 3.17. The molecule has 23 heavy (non-hydrogen) atoms. The highest BCUT2D eigenvalue weighted by Crippen LogP contribution is 2.16. The highest BCUT2D eigenvalue weighted by molar-refractivity contribution is 7.89. The van der Waals surface area contributed by atoms with Crippen molar-refractivity contribution in [3.63, 3.8) is 0 Å². The van der Waals surface area contributed by atoms with Gasteiger partial charge < -0.3 is 0 Å². The zero-order valence-electron chi connectivity index (χ0n) is 12.7. The van der Waals surface area contributed by atoms with Crippen molar-refractivity contribution in [2.75, 3.05) is 14.1 Å². The van der Waals surface area contributed by atoms with Crippen LogP contribution in [0.3, 0.4) is 0 Å². The van der Waals surface area contributed by atoms with Crippen LogP contribution in [0.2, 0.25) is 5.02 Å². The van der Waals surface area contributed by atoms with Crippen molar-refractivity contribution in [1.29, 1.82) is 0 Å². The van der Waals surface area contributed by atoms with E-state index in [-0.39, 0.29) is 10.7 Å². The van der Waals surface area contributed by atoms with Gasteiger partial charge in [0.05, 0.1) is 4.90 Å². The van der Waals surface area contributed by atoms with E-state index in [2.05, 4.69) is 0 Å². The monoisotopic (exact) mass is 349 g/mol. The lowest BCUT2D eigenvalue weighted by Crippen LogP contribution is -2.22. The van der Waals surface area contributed by atoms with E-state index >= 15 is 0 Å². The molecule has 0 aliphatic heterocycles. The molecule has 0 atom stereocenters. The van der Waals surface area contributed by atoms with Gasteiger partial charge in [0, 0.05) is 24.7 Å². The van der Waals surface area contributed by atoms with Crippen molar-refractivity contribution in [2.24, 2.45) is 0 Å². The van der Waals surface area contributed by atoms with E-state index in [9.17, 15) is 13.2 Å². The molecule has 6 heteroatoms. The zero-order valence-corrected chi connectivity index (χ0v) is 14.3. The third kappa shape index (κ3) is 4.28. The third-order valence-corrected chi connectivity index (χ3v) is 5.22. The number of rotatable bonds is 5. The maximum absolute atomic E-state index is 12.2. The molecule has 0 heterocycles. The largest absolute Gasteiger partial charge is 0.289 e. The Balaban J connectivity index is 2.27. The molecule has 4 nitrogen and oxygen atoms in total. The lowest BCUT2D eigenvalue weighted by molar-refractivity contribution is 0.104. The summed E-state index contributed by atoms with van der Waals surface area (Å²) >= 11 is 5.89. The summed E-state index contributed by atoms with van der Waals surface area (Å²) in [6, 6.07) is 13.1. The van der Waals surface area contributed by atoms with Crippen LogP contribution in [0.15, 0.2) is 59.5 Å². The summed E-state index contributed by atoms with van der Waals surface area (Å²) in [5.74, 6) is -0.277. The summed E-state index contributed by atoms with van der Waals surface area (Å²) in [5.41, 5.74) is 1.11. The van der Waals surface area contributed by atoms with Crippen LogP contribution in [-0.4, -0.2) is 32.6 Å². The van der Waals surface area contributed by atoms with E-state index < -0.39 is 10.0 Å². The molecule has 0 spiro atoms. The number of halogens is 1. The first-order valence-electron chi connectivity index (χ1n) is 6.81. The van der Waals surface area contributed by atoms with Crippen molar-refractivity contribution < 1.29 is 13.2 Å². The smallest absolute Gasteiger partial charge is 0.242 e. The molecule has 0 aliphatic rings. The highest BCUT2D eigenvalue weighted by atomic mass is 35.5. The van der Waals surface area contributed by atoms with Crippen molar-refractivity contribution >= 4 is 33.5 Å². The Morgan fingerprint density at radius 2 is 1.78 bits per heavy atom. The topological polar surface area (TPSA) is 54.5 Å². The van der Waals surface area contributed by atoms with Gasteiger partial charge in [0.2, 0.25) is 10.0 Å². The molecule has 0 bridgehead atoms. The molecule has 120 valence electrons. The minimum Gasteiger partial charge on any atom is -0.289 e. The number of hydrogen-bond acceptors (Lipinski definition) is 3. The maximum atomic E-state index is 12.2. The van der Waals surface area contributed by atoms with Gasteiger partial charge >= 0.3 is 0 Å². The second-order valence-corrected chi connectivity index (χ2v) is 7.66. The first-order chi connectivity index (χ1) is 10.8. The molecule has 0 unspecified atom stereocenters. The Kier molecular flexibility index (Phi) is 5.36. The Morgan fingerprint density at radius 1 is 1.09 bits per heavy atom. The van der Waals surface area contributed by atoms with Crippen LogP contribution >= 0.6 is 11.6 Å². The van der Waals surface area contributed by atoms with E-state index in [4.69, 9.17) is 11.6 Å². The Hall–Kier alpha value is -1.95. The summed E-state index contributed by atoms with van der Waals surface area (Å²) in [6.07, 6.45) is 3.04. The van der Waals surface area contributed by atoms with E-state index in [1.807, 2.05) is 6.07 Å². The summed E-state index contributed by atoms with van der Waals surface area (Å²) in [4.78, 5) is 12.3. The average molecular weight is 350 g/mol. The van der Waals surface area contributed by atoms with Crippen molar-refractivity contribution in [1.82, 2.24) is 4.31 Å². The van der Waals surface area contributed by atoms with Crippen LogP contribution in [0.25, 0.3) is 6.08 Å². The fourth-order valence-corrected chi connectivity index (χ4v) is 3.05. The lowest BCUT2D eigenvalue weighted by atomic mass is 10.1. The van der Waals surface area contributed by atoms with Gasteiger partial charge in [-0.1, -0.05) is 41.9 Å². The predicted octanol–water partition coefficient (Wildman–Crippen LogP) is 3.49. The molecule has 2 aromatic rings. The highest BCUT2D eigenvalue weighted by Gasteiger charge is 2.18. The van der Waals surface area contributed by atoms with Gasteiger partial charge in [0.1, 0.15) is 0 Å². The number of carbonyl (C=O) groups excluding carboxylic acids is 1. The van der Waals surface area contributed by atoms with Gasteiger partial charge in [-0.2, -0.15) is 0 Å². The van der Waals surface area contributed by atoms with Crippen LogP contribution in [0.4, 0.5) is 0 Å². The van der Waals surface area contributed by atoms with E-state index in [1.165, 1.54) is 32.3 Å². The molecular formula is C17H16ClNO3S. The second-order valence-electron chi connectivity index (χ2n) is 5.07. The van der Waals surface area contributed by atoms with Gasteiger partial charge in [-0.05, 0) is 35.9 Å². The molecule has 0 aliphatic carbocycles. The van der Waals surface area contributed by atoms with Crippen LogP contribution in [-0.2, 0) is 10.0 Å². The number of ketones is 1. The maximum Gasteiger partial charge on any atom is 0.242 e. The molecule has 0 saturated heterocycles. The Bertz CT molecular complexity index is 858. The molecule has 0 N–H and O–H groups in total. The average Bonchev–Trinajstić information content (AvgIpc) is 2.52. The van der Waals surface area contributed by atoms with E-state index in [0.717, 1.165) is 9.87 Å². The minimum absolute atomic E-state index is 0.0875. The van der Waals surface area contributed by atoms with Gasteiger partial charge in [-0.15, -0.1) is 0 Å². The van der Waals surface area contributed by atoms with Crippen molar-refractivity contribution in [3.05, 3.63) is 70.8 Å². The van der Waals surface area contributed by atoms with Crippen LogP contribution < -0.4 is 0 Å².